The Hall–Kier alpha value is -2.50. The minimum Gasteiger partial charge on any atom is -0.451 e. The molecular formula is C14H16N4O2. The largest absolute Gasteiger partial charge is 0.451 e. The van der Waals surface area contributed by atoms with Crippen molar-refractivity contribution in [2.24, 2.45) is 0 Å². The van der Waals surface area contributed by atoms with Crippen molar-refractivity contribution in [3.05, 3.63) is 35.5 Å². The lowest BCUT2D eigenvalue weighted by Crippen LogP contribution is -2.15. The first-order valence-corrected chi connectivity index (χ1v) is 6.49. The molecule has 1 aliphatic heterocycles. The zero-order chi connectivity index (χ0) is 14.1. The predicted octanol–water partition coefficient (Wildman–Crippen LogP) is 1.74. The van der Waals surface area contributed by atoms with Crippen LogP contribution in [0.5, 0.6) is 11.5 Å². The van der Waals surface area contributed by atoms with E-state index in [-0.39, 0.29) is 12.2 Å². The minimum atomic E-state index is -0.190. The van der Waals surface area contributed by atoms with Crippen molar-refractivity contribution < 1.29 is 9.47 Å². The summed E-state index contributed by atoms with van der Waals surface area (Å²) in [4.78, 5) is 7.92. The van der Waals surface area contributed by atoms with Gasteiger partial charge in [0.25, 0.3) is 0 Å². The number of nitrogen functional groups attached to an aromatic ring is 2. The molecule has 2 heterocycles. The summed E-state index contributed by atoms with van der Waals surface area (Å²) in [5.74, 6) is 2.13. The molecule has 0 amide bonds. The molecule has 0 saturated heterocycles. The molecule has 6 nitrogen and oxygen atoms in total. The van der Waals surface area contributed by atoms with Crippen LogP contribution in [0, 0.1) is 0 Å². The van der Waals surface area contributed by atoms with Crippen LogP contribution in [-0.2, 0) is 6.42 Å². The van der Waals surface area contributed by atoms with Crippen molar-refractivity contribution in [2.75, 3.05) is 11.5 Å². The van der Waals surface area contributed by atoms with E-state index >= 15 is 0 Å². The number of rotatable bonds is 3. The number of hydrogen-bond donors (Lipinski definition) is 2. The summed E-state index contributed by atoms with van der Waals surface area (Å²) in [6, 6.07) is 5.85. The van der Waals surface area contributed by atoms with Gasteiger partial charge in [-0.15, -0.1) is 0 Å². The summed E-state index contributed by atoms with van der Waals surface area (Å²) >= 11 is 0. The van der Waals surface area contributed by atoms with Gasteiger partial charge in [0.15, 0.2) is 11.5 Å². The molecule has 1 unspecified atom stereocenters. The van der Waals surface area contributed by atoms with Crippen molar-refractivity contribution in [1.82, 2.24) is 9.97 Å². The highest BCUT2D eigenvalue weighted by Crippen LogP contribution is 2.36. The molecule has 2 aromatic rings. The zero-order valence-corrected chi connectivity index (χ0v) is 11.2. The Balaban J connectivity index is 1.83. The fourth-order valence-electron chi connectivity index (χ4n) is 2.12. The van der Waals surface area contributed by atoms with E-state index in [1.165, 1.54) is 0 Å². The Kier molecular flexibility index (Phi) is 3.06. The lowest BCUT2D eigenvalue weighted by atomic mass is 10.1. The highest BCUT2D eigenvalue weighted by Gasteiger charge is 2.22. The number of benzene rings is 1. The predicted molar refractivity (Wildman–Crippen MR) is 75.4 cm³/mol. The Morgan fingerprint density at radius 2 is 2.00 bits per heavy atom. The van der Waals surface area contributed by atoms with Gasteiger partial charge in [0.05, 0.1) is 0 Å². The van der Waals surface area contributed by atoms with Gasteiger partial charge in [-0.05, 0) is 17.7 Å². The summed E-state index contributed by atoms with van der Waals surface area (Å²) in [5, 5.41) is 0. The smallest absolute Gasteiger partial charge is 0.241 e. The van der Waals surface area contributed by atoms with E-state index in [0.717, 1.165) is 29.0 Å². The molecule has 0 radical (unpaired) electrons. The minimum absolute atomic E-state index is 0.183. The van der Waals surface area contributed by atoms with Crippen LogP contribution in [0.25, 0.3) is 0 Å². The second kappa shape index (κ2) is 4.88. The maximum absolute atomic E-state index is 5.84. The summed E-state index contributed by atoms with van der Waals surface area (Å²) in [6.07, 6.45) is 2.89. The van der Waals surface area contributed by atoms with Crippen LogP contribution in [0.3, 0.4) is 0 Å². The number of aromatic nitrogens is 2. The van der Waals surface area contributed by atoms with Gasteiger partial charge in [-0.3, -0.25) is 0 Å². The normalized spacial score (nSPS) is 16.4. The molecule has 1 aliphatic rings. The van der Waals surface area contributed by atoms with Gasteiger partial charge in [-0.1, -0.05) is 13.0 Å². The molecule has 0 spiro atoms. The van der Waals surface area contributed by atoms with Crippen LogP contribution >= 0.6 is 0 Å². The molecule has 0 aliphatic carbocycles. The number of nitrogens with two attached hydrogens (primary N) is 2. The molecule has 1 atom stereocenters. The molecule has 3 rings (SSSR count). The molecular weight excluding hydrogens is 256 g/mol. The number of ether oxygens (including phenoxy) is 2. The average molecular weight is 272 g/mol. The average Bonchev–Trinajstić information content (AvgIpc) is 2.84. The van der Waals surface area contributed by atoms with Crippen LogP contribution in [-0.4, -0.2) is 16.3 Å². The summed E-state index contributed by atoms with van der Waals surface area (Å²) in [7, 11) is 0. The molecule has 20 heavy (non-hydrogen) atoms. The van der Waals surface area contributed by atoms with E-state index in [1.54, 1.807) is 6.20 Å². The van der Waals surface area contributed by atoms with Crippen LogP contribution in [0.15, 0.2) is 24.4 Å². The van der Waals surface area contributed by atoms with Gasteiger partial charge in [-0.2, -0.15) is 4.98 Å². The topological polar surface area (TPSA) is 96.3 Å². The van der Waals surface area contributed by atoms with Gasteiger partial charge in [-0.25, -0.2) is 4.98 Å². The van der Waals surface area contributed by atoms with Crippen LogP contribution in [0.1, 0.15) is 24.5 Å². The van der Waals surface area contributed by atoms with Gasteiger partial charge in [0, 0.05) is 24.6 Å². The fourth-order valence-corrected chi connectivity index (χ4v) is 2.12. The number of hydrogen-bond acceptors (Lipinski definition) is 6. The molecule has 1 aromatic heterocycles. The van der Waals surface area contributed by atoms with Crippen LogP contribution < -0.4 is 20.9 Å². The maximum atomic E-state index is 5.84. The lowest BCUT2D eigenvalue weighted by Gasteiger charge is -2.06. The maximum Gasteiger partial charge on any atom is 0.241 e. The molecule has 1 aromatic carbocycles. The number of anilines is 2. The molecule has 104 valence electrons. The van der Waals surface area contributed by atoms with Crippen molar-refractivity contribution in [3.63, 3.8) is 0 Å². The van der Waals surface area contributed by atoms with Crippen LogP contribution in [0.2, 0.25) is 0 Å². The fraction of sp³-hybridized carbons (Fsp3) is 0.286. The third-order valence-corrected chi connectivity index (χ3v) is 3.17. The first-order valence-electron chi connectivity index (χ1n) is 6.49. The van der Waals surface area contributed by atoms with Crippen molar-refractivity contribution in [2.45, 2.75) is 26.1 Å². The van der Waals surface area contributed by atoms with E-state index in [1.807, 2.05) is 25.1 Å². The lowest BCUT2D eigenvalue weighted by molar-refractivity contribution is 0.0464. The Bertz CT molecular complexity index is 645. The third kappa shape index (κ3) is 2.32. The zero-order valence-electron chi connectivity index (χ0n) is 11.2. The highest BCUT2D eigenvalue weighted by molar-refractivity contribution is 5.49. The van der Waals surface area contributed by atoms with Gasteiger partial charge >= 0.3 is 0 Å². The van der Waals surface area contributed by atoms with E-state index in [2.05, 4.69) is 9.97 Å². The summed E-state index contributed by atoms with van der Waals surface area (Å²) in [5.41, 5.74) is 13.2. The van der Waals surface area contributed by atoms with E-state index < -0.39 is 0 Å². The Morgan fingerprint density at radius 1 is 1.20 bits per heavy atom. The van der Waals surface area contributed by atoms with Gasteiger partial charge in [0.1, 0.15) is 5.82 Å². The van der Waals surface area contributed by atoms with Crippen molar-refractivity contribution >= 4 is 11.8 Å². The highest BCUT2D eigenvalue weighted by atomic mass is 16.7. The van der Waals surface area contributed by atoms with Gasteiger partial charge in [0.2, 0.25) is 12.2 Å². The second-order valence-electron chi connectivity index (χ2n) is 4.67. The van der Waals surface area contributed by atoms with Crippen molar-refractivity contribution in [3.8, 4) is 11.5 Å². The Morgan fingerprint density at radius 3 is 2.75 bits per heavy atom. The molecule has 0 saturated carbocycles. The number of fused-ring (bicyclic) bond motifs is 1. The standard InChI is InChI=1S/C14H16N4O2/c1-2-12-19-10-4-3-8(6-11(10)20-12)5-9-7-17-14(16)18-13(9)15/h3-4,6-7,12H,2,5H2,1H3,(H4,15,16,17,18). The second-order valence-corrected chi connectivity index (χ2v) is 4.67. The molecule has 6 heteroatoms. The van der Waals surface area contributed by atoms with Crippen LogP contribution in [0.4, 0.5) is 11.8 Å². The van der Waals surface area contributed by atoms with Gasteiger partial charge < -0.3 is 20.9 Å². The van der Waals surface area contributed by atoms with E-state index in [0.29, 0.717) is 12.2 Å². The van der Waals surface area contributed by atoms with Crippen molar-refractivity contribution in [1.29, 1.82) is 0 Å². The molecule has 0 fully saturated rings. The monoisotopic (exact) mass is 272 g/mol. The molecule has 4 N–H and O–H groups in total. The SMILES string of the molecule is CCC1Oc2ccc(Cc3cnc(N)nc3N)cc2O1. The number of nitrogens with zero attached hydrogens (tertiary/aromatic N) is 2. The summed E-state index contributed by atoms with van der Waals surface area (Å²) < 4.78 is 11.3. The quantitative estimate of drug-likeness (QED) is 0.883. The Labute approximate surface area is 116 Å². The first kappa shape index (κ1) is 12.5. The van der Waals surface area contributed by atoms with E-state index in [4.69, 9.17) is 20.9 Å². The third-order valence-electron chi connectivity index (χ3n) is 3.17. The van der Waals surface area contributed by atoms with E-state index in [9.17, 15) is 0 Å². The first-order chi connectivity index (χ1) is 9.65. The molecule has 0 bridgehead atoms. The summed E-state index contributed by atoms with van der Waals surface area (Å²) in [6.45, 7) is 2.02.